The molecular weight excluding hydrogens is 240 g/mol. The molecule has 0 saturated heterocycles. The first kappa shape index (κ1) is 15.9. The maximum absolute atomic E-state index is 10.5. The summed E-state index contributed by atoms with van der Waals surface area (Å²) in [6.45, 7) is 15.1. The van der Waals surface area contributed by atoms with E-state index in [9.17, 15) is 5.11 Å². The summed E-state index contributed by atoms with van der Waals surface area (Å²) in [4.78, 5) is 0. The van der Waals surface area contributed by atoms with Crippen molar-refractivity contribution in [1.82, 2.24) is 0 Å². The Balaban J connectivity index is 2.66. The van der Waals surface area contributed by atoms with Crippen molar-refractivity contribution in [2.45, 2.75) is 82.7 Å². The van der Waals surface area contributed by atoms with Gasteiger partial charge in [0.25, 0.3) is 0 Å². The molecule has 1 fully saturated rings. The maximum atomic E-state index is 10.5. The topological polar surface area (TPSA) is 29.5 Å². The molecule has 1 aliphatic carbocycles. The Hall–Kier alpha value is -0.123. The van der Waals surface area contributed by atoms with Crippen LogP contribution in [0.3, 0.4) is 0 Å². The van der Waals surface area contributed by atoms with Crippen molar-refractivity contribution < 1.29 is 9.53 Å². The molecule has 0 aliphatic heterocycles. The predicted molar refractivity (Wildman–Crippen MR) is 80.3 cm³/mol. The summed E-state index contributed by atoms with van der Waals surface area (Å²) >= 11 is 0. The molecule has 0 amide bonds. The zero-order chi connectivity index (χ0) is 14.0. The van der Waals surface area contributed by atoms with Crippen molar-refractivity contribution in [1.29, 1.82) is 0 Å². The number of hydrogen-bond acceptors (Lipinski definition) is 2. The van der Waals surface area contributed by atoms with Crippen LogP contribution in [0.2, 0.25) is 18.1 Å². The highest BCUT2D eigenvalue weighted by molar-refractivity contribution is 6.74. The van der Waals surface area contributed by atoms with Crippen LogP contribution in [-0.4, -0.2) is 25.1 Å². The van der Waals surface area contributed by atoms with Crippen LogP contribution in [-0.2, 0) is 4.43 Å². The van der Waals surface area contributed by atoms with E-state index in [4.69, 9.17) is 4.43 Å². The summed E-state index contributed by atoms with van der Waals surface area (Å²) in [6.07, 6.45) is 6.54. The molecule has 2 nitrogen and oxygen atoms in total. The van der Waals surface area contributed by atoms with Crippen LogP contribution in [0.5, 0.6) is 0 Å². The number of rotatable bonds is 4. The SMILES string of the molecule is C=CC[C@]1(O)CCC[C@H](O[Si](C)(C)C(C)(C)C)C1. The normalized spacial score (nSPS) is 30.2. The van der Waals surface area contributed by atoms with E-state index >= 15 is 0 Å². The van der Waals surface area contributed by atoms with Gasteiger partial charge < -0.3 is 9.53 Å². The monoisotopic (exact) mass is 270 g/mol. The van der Waals surface area contributed by atoms with Crippen LogP contribution in [0.1, 0.15) is 52.9 Å². The molecule has 1 rings (SSSR count). The van der Waals surface area contributed by atoms with Gasteiger partial charge >= 0.3 is 0 Å². The zero-order valence-electron chi connectivity index (χ0n) is 12.8. The largest absolute Gasteiger partial charge is 0.414 e. The fourth-order valence-corrected chi connectivity index (χ4v) is 3.82. The van der Waals surface area contributed by atoms with Crippen molar-refractivity contribution in [2.75, 3.05) is 0 Å². The molecule has 0 radical (unpaired) electrons. The summed E-state index contributed by atoms with van der Waals surface area (Å²) < 4.78 is 6.43. The van der Waals surface area contributed by atoms with Gasteiger partial charge in [-0.2, -0.15) is 0 Å². The van der Waals surface area contributed by atoms with Crippen LogP contribution < -0.4 is 0 Å². The average Bonchev–Trinajstić information content (AvgIpc) is 2.14. The lowest BCUT2D eigenvalue weighted by molar-refractivity contribution is -0.0386. The Kier molecular flexibility index (Phi) is 4.85. The average molecular weight is 270 g/mol. The highest BCUT2D eigenvalue weighted by Crippen LogP contribution is 2.41. The molecule has 18 heavy (non-hydrogen) atoms. The van der Waals surface area contributed by atoms with E-state index in [0.717, 1.165) is 25.7 Å². The van der Waals surface area contributed by atoms with Crippen molar-refractivity contribution in [3.8, 4) is 0 Å². The summed E-state index contributed by atoms with van der Waals surface area (Å²) in [6, 6.07) is 0. The molecule has 1 N–H and O–H groups in total. The minimum atomic E-state index is -1.71. The molecular formula is C15H30O2Si. The lowest BCUT2D eigenvalue weighted by Gasteiger charge is -2.43. The van der Waals surface area contributed by atoms with E-state index in [2.05, 4.69) is 40.4 Å². The van der Waals surface area contributed by atoms with Gasteiger partial charge in [-0.1, -0.05) is 26.8 Å². The van der Waals surface area contributed by atoms with Crippen molar-refractivity contribution in [3.63, 3.8) is 0 Å². The van der Waals surface area contributed by atoms with Gasteiger partial charge in [-0.15, -0.1) is 6.58 Å². The van der Waals surface area contributed by atoms with Gasteiger partial charge in [0.1, 0.15) is 0 Å². The Morgan fingerprint density at radius 2 is 2.06 bits per heavy atom. The quantitative estimate of drug-likeness (QED) is 0.611. The van der Waals surface area contributed by atoms with Crippen LogP contribution >= 0.6 is 0 Å². The second-order valence-electron chi connectivity index (χ2n) is 7.31. The van der Waals surface area contributed by atoms with Gasteiger partial charge in [-0.25, -0.2) is 0 Å². The summed E-state index contributed by atoms with van der Waals surface area (Å²) in [5, 5.41) is 10.7. The predicted octanol–water partition coefficient (Wildman–Crippen LogP) is 4.26. The highest BCUT2D eigenvalue weighted by Gasteiger charge is 2.42. The van der Waals surface area contributed by atoms with E-state index in [-0.39, 0.29) is 11.1 Å². The first-order chi connectivity index (χ1) is 8.10. The van der Waals surface area contributed by atoms with E-state index in [1.807, 2.05) is 6.08 Å². The zero-order valence-corrected chi connectivity index (χ0v) is 13.8. The second-order valence-corrected chi connectivity index (χ2v) is 12.1. The molecule has 1 aliphatic rings. The van der Waals surface area contributed by atoms with Crippen molar-refractivity contribution in [2.24, 2.45) is 0 Å². The van der Waals surface area contributed by atoms with Crippen LogP contribution in [0, 0.1) is 0 Å². The summed E-state index contributed by atoms with van der Waals surface area (Å²) in [7, 11) is -1.71. The summed E-state index contributed by atoms with van der Waals surface area (Å²) in [5.41, 5.74) is -0.576. The van der Waals surface area contributed by atoms with Gasteiger partial charge in [-0.05, 0) is 43.8 Å². The number of aliphatic hydroxyl groups is 1. The first-order valence-electron chi connectivity index (χ1n) is 7.11. The first-order valence-corrected chi connectivity index (χ1v) is 10.0. The molecule has 0 bridgehead atoms. The minimum Gasteiger partial charge on any atom is -0.414 e. The maximum Gasteiger partial charge on any atom is 0.192 e. The Morgan fingerprint density at radius 3 is 2.56 bits per heavy atom. The molecule has 0 aromatic rings. The number of hydrogen-bond donors (Lipinski definition) is 1. The van der Waals surface area contributed by atoms with Gasteiger partial charge in [0, 0.05) is 12.5 Å². The second kappa shape index (κ2) is 5.47. The Labute approximate surface area is 114 Å². The Morgan fingerprint density at radius 1 is 1.44 bits per heavy atom. The third-order valence-electron chi connectivity index (χ3n) is 4.57. The van der Waals surface area contributed by atoms with Gasteiger partial charge in [0.05, 0.1) is 5.60 Å². The molecule has 3 heteroatoms. The van der Waals surface area contributed by atoms with Gasteiger partial charge in [-0.3, -0.25) is 0 Å². The van der Waals surface area contributed by atoms with Gasteiger partial charge in [0.15, 0.2) is 8.32 Å². The molecule has 0 aromatic heterocycles. The van der Waals surface area contributed by atoms with Gasteiger partial charge in [0.2, 0.25) is 0 Å². The molecule has 2 atom stereocenters. The molecule has 0 unspecified atom stereocenters. The van der Waals surface area contributed by atoms with E-state index in [1.54, 1.807) is 0 Å². The molecule has 0 heterocycles. The van der Waals surface area contributed by atoms with Crippen molar-refractivity contribution in [3.05, 3.63) is 12.7 Å². The van der Waals surface area contributed by atoms with Crippen molar-refractivity contribution >= 4 is 8.32 Å². The molecule has 1 saturated carbocycles. The fraction of sp³-hybridized carbons (Fsp3) is 0.867. The van der Waals surface area contributed by atoms with E-state index < -0.39 is 13.9 Å². The van der Waals surface area contributed by atoms with Crippen LogP contribution in [0.25, 0.3) is 0 Å². The van der Waals surface area contributed by atoms with Crippen LogP contribution in [0.15, 0.2) is 12.7 Å². The molecule has 106 valence electrons. The highest BCUT2D eigenvalue weighted by atomic mass is 28.4. The minimum absolute atomic E-state index is 0.226. The van der Waals surface area contributed by atoms with E-state index in [0.29, 0.717) is 6.42 Å². The fourth-order valence-electron chi connectivity index (χ4n) is 2.43. The molecule has 0 aromatic carbocycles. The van der Waals surface area contributed by atoms with Crippen LogP contribution in [0.4, 0.5) is 0 Å². The summed E-state index contributed by atoms with van der Waals surface area (Å²) in [5.74, 6) is 0. The third-order valence-corrected chi connectivity index (χ3v) is 9.10. The third kappa shape index (κ3) is 3.94. The van der Waals surface area contributed by atoms with E-state index in [1.165, 1.54) is 0 Å². The Bertz CT molecular complexity index is 293. The molecule has 0 spiro atoms. The smallest absolute Gasteiger partial charge is 0.192 e. The lowest BCUT2D eigenvalue weighted by Crippen LogP contribution is -2.47. The lowest BCUT2D eigenvalue weighted by atomic mass is 9.81. The standard InChI is InChI=1S/C15H30O2Si/c1-7-10-15(16)11-8-9-13(12-15)17-18(5,6)14(2,3)4/h7,13,16H,1,8-12H2,2-6H3/t13-,15-/m0/s1.